The average Bonchev–Trinajstić information content (AvgIpc) is 3.03. The van der Waals surface area contributed by atoms with Gasteiger partial charge in [-0.05, 0) is 19.8 Å². The predicted molar refractivity (Wildman–Crippen MR) is 64.0 cm³/mol. The fourth-order valence-electron chi connectivity index (χ4n) is 2.83. The first-order chi connectivity index (χ1) is 9.53. The van der Waals surface area contributed by atoms with Gasteiger partial charge in [0.05, 0.1) is 0 Å². The van der Waals surface area contributed by atoms with Gasteiger partial charge in [0.2, 0.25) is 17.7 Å². The Bertz CT molecular complexity index is 588. The van der Waals surface area contributed by atoms with Crippen molar-refractivity contribution in [2.45, 2.75) is 39.2 Å². The third kappa shape index (κ3) is 1.79. The first-order valence-electron chi connectivity index (χ1n) is 6.49. The molecule has 2 aliphatic rings. The summed E-state index contributed by atoms with van der Waals surface area (Å²) in [4.78, 5) is 41.4. The Kier molecular flexibility index (Phi) is 2.81. The lowest BCUT2D eigenvalue weighted by molar-refractivity contribution is -0.151. The van der Waals surface area contributed by atoms with Gasteiger partial charge < -0.3 is 4.52 Å². The van der Waals surface area contributed by atoms with Gasteiger partial charge in [0, 0.05) is 0 Å². The molecule has 1 aliphatic carbocycles. The SMILES string of the molecule is Cc1noc(CN2C(=O)NC(=O)C3(CCCC3)C2=O)n1. The highest BCUT2D eigenvalue weighted by atomic mass is 16.5. The Balaban J connectivity index is 1.88. The van der Waals surface area contributed by atoms with E-state index >= 15 is 0 Å². The highest BCUT2D eigenvalue weighted by Crippen LogP contribution is 2.41. The van der Waals surface area contributed by atoms with Gasteiger partial charge in [0.25, 0.3) is 0 Å². The third-order valence-electron chi connectivity index (χ3n) is 3.87. The molecule has 0 atom stereocenters. The molecule has 0 aromatic carbocycles. The lowest BCUT2D eigenvalue weighted by Gasteiger charge is -2.36. The summed E-state index contributed by atoms with van der Waals surface area (Å²) in [6.07, 6.45) is 2.57. The number of aromatic nitrogens is 2. The summed E-state index contributed by atoms with van der Waals surface area (Å²) in [6.45, 7) is 1.54. The molecular formula is C12H14N4O4. The number of carbonyl (C=O) groups excluding carboxylic acids is 3. The molecule has 4 amide bonds. The molecule has 2 heterocycles. The Morgan fingerprint density at radius 2 is 2.00 bits per heavy atom. The van der Waals surface area contributed by atoms with E-state index in [0.29, 0.717) is 18.7 Å². The van der Waals surface area contributed by atoms with Crippen LogP contribution in [0, 0.1) is 12.3 Å². The lowest BCUT2D eigenvalue weighted by Crippen LogP contribution is -2.62. The molecule has 1 saturated heterocycles. The molecule has 8 heteroatoms. The molecule has 1 spiro atoms. The fraction of sp³-hybridized carbons (Fsp3) is 0.583. The van der Waals surface area contributed by atoms with Crippen molar-refractivity contribution in [3.05, 3.63) is 11.7 Å². The summed E-state index contributed by atoms with van der Waals surface area (Å²) >= 11 is 0. The van der Waals surface area contributed by atoms with Gasteiger partial charge in [0.15, 0.2) is 5.82 Å². The lowest BCUT2D eigenvalue weighted by atomic mass is 9.82. The topological polar surface area (TPSA) is 105 Å². The molecule has 1 N–H and O–H groups in total. The van der Waals surface area contributed by atoms with Crippen LogP contribution in [-0.2, 0) is 16.1 Å². The van der Waals surface area contributed by atoms with Gasteiger partial charge in [-0.3, -0.25) is 19.8 Å². The van der Waals surface area contributed by atoms with Crippen LogP contribution in [0.1, 0.15) is 37.4 Å². The zero-order valence-corrected chi connectivity index (χ0v) is 11.0. The van der Waals surface area contributed by atoms with E-state index in [4.69, 9.17) is 4.52 Å². The number of barbiturate groups is 1. The first-order valence-corrected chi connectivity index (χ1v) is 6.49. The number of nitrogens with one attached hydrogen (secondary N) is 1. The minimum Gasteiger partial charge on any atom is -0.337 e. The molecule has 0 unspecified atom stereocenters. The largest absolute Gasteiger partial charge is 0.337 e. The number of carbonyl (C=O) groups is 3. The molecule has 1 aromatic heterocycles. The fourth-order valence-corrected chi connectivity index (χ4v) is 2.83. The van der Waals surface area contributed by atoms with Crippen LogP contribution in [0.2, 0.25) is 0 Å². The summed E-state index contributed by atoms with van der Waals surface area (Å²) in [6, 6.07) is -0.728. The third-order valence-corrected chi connectivity index (χ3v) is 3.87. The summed E-state index contributed by atoms with van der Waals surface area (Å²) < 4.78 is 4.92. The Labute approximate surface area is 114 Å². The summed E-state index contributed by atoms with van der Waals surface area (Å²) in [7, 11) is 0. The summed E-state index contributed by atoms with van der Waals surface area (Å²) in [5, 5.41) is 5.87. The van der Waals surface area contributed by atoms with Crippen LogP contribution >= 0.6 is 0 Å². The van der Waals surface area contributed by atoms with Crippen LogP contribution in [-0.4, -0.2) is 32.9 Å². The first kappa shape index (κ1) is 12.8. The van der Waals surface area contributed by atoms with Crippen molar-refractivity contribution in [1.82, 2.24) is 20.4 Å². The van der Waals surface area contributed by atoms with Crippen LogP contribution in [0.5, 0.6) is 0 Å². The number of hydrogen-bond acceptors (Lipinski definition) is 6. The number of imide groups is 2. The van der Waals surface area contributed by atoms with E-state index in [2.05, 4.69) is 15.5 Å². The second-order valence-corrected chi connectivity index (χ2v) is 5.18. The van der Waals surface area contributed by atoms with Crippen LogP contribution in [0.25, 0.3) is 0 Å². The maximum absolute atomic E-state index is 12.5. The number of aryl methyl sites for hydroxylation is 1. The van der Waals surface area contributed by atoms with E-state index in [-0.39, 0.29) is 12.4 Å². The van der Waals surface area contributed by atoms with Crippen molar-refractivity contribution in [2.75, 3.05) is 0 Å². The van der Waals surface area contributed by atoms with Crippen LogP contribution < -0.4 is 5.32 Å². The molecule has 3 rings (SSSR count). The zero-order chi connectivity index (χ0) is 14.3. The van der Waals surface area contributed by atoms with Gasteiger partial charge in [-0.2, -0.15) is 4.98 Å². The highest BCUT2D eigenvalue weighted by Gasteiger charge is 2.55. The van der Waals surface area contributed by atoms with E-state index in [1.807, 2.05) is 0 Å². The summed E-state index contributed by atoms with van der Waals surface area (Å²) in [5.74, 6) is -0.340. The zero-order valence-electron chi connectivity index (χ0n) is 11.0. The van der Waals surface area contributed by atoms with Crippen molar-refractivity contribution >= 4 is 17.8 Å². The standard InChI is InChI=1S/C12H14N4O4/c1-7-13-8(20-15-7)6-16-10(18)12(4-2-3-5-12)9(17)14-11(16)19/h2-6H2,1H3,(H,14,17,19). The number of nitrogens with zero attached hydrogens (tertiary/aromatic N) is 3. The van der Waals surface area contributed by atoms with Crippen molar-refractivity contribution in [3.63, 3.8) is 0 Å². The highest BCUT2D eigenvalue weighted by molar-refractivity contribution is 6.19. The van der Waals surface area contributed by atoms with Crippen molar-refractivity contribution in [3.8, 4) is 0 Å². The Morgan fingerprint density at radius 3 is 2.60 bits per heavy atom. The molecular weight excluding hydrogens is 264 g/mol. The van der Waals surface area contributed by atoms with Crippen LogP contribution in [0.15, 0.2) is 4.52 Å². The van der Waals surface area contributed by atoms with E-state index in [9.17, 15) is 14.4 Å². The molecule has 106 valence electrons. The second kappa shape index (κ2) is 4.39. The van der Waals surface area contributed by atoms with Crippen LogP contribution in [0.4, 0.5) is 4.79 Å². The smallest absolute Gasteiger partial charge is 0.331 e. The monoisotopic (exact) mass is 278 g/mol. The van der Waals surface area contributed by atoms with E-state index in [1.54, 1.807) is 6.92 Å². The normalized spacial score (nSPS) is 21.6. The molecule has 8 nitrogen and oxygen atoms in total. The number of urea groups is 1. The van der Waals surface area contributed by atoms with Gasteiger partial charge in [-0.15, -0.1) is 0 Å². The quantitative estimate of drug-likeness (QED) is 0.790. The Hall–Kier alpha value is -2.25. The minimum atomic E-state index is -1.09. The van der Waals surface area contributed by atoms with E-state index in [0.717, 1.165) is 17.7 Å². The van der Waals surface area contributed by atoms with E-state index < -0.39 is 23.3 Å². The summed E-state index contributed by atoms with van der Waals surface area (Å²) in [5.41, 5.74) is -1.09. The molecule has 20 heavy (non-hydrogen) atoms. The van der Waals surface area contributed by atoms with E-state index in [1.165, 1.54) is 0 Å². The van der Waals surface area contributed by atoms with Gasteiger partial charge in [-0.25, -0.2) is 4.79 Å². The van der Waals surface area contributed by atoms with Gasteiger partial charge >= 0.3 is 6.03 Å². The molecule has 1 aromatic rings. The molecule has 1 aliphatic heterocycles. The maximum atomic E-state index is 12.5. The molecule has 0 bridgehead atoms. The van der Waals surface area contributed by atoms with Gasteiger partial charge in [-0.1, -0.05) is 18.0 Å². The van der Waals surface area contributed by atoms with Crippen molar-refractivity contribution in [1.29, 1.82) is 0 Å². The number of amides is 4. The molecule has 2 fully saturated rings. The maximum Gasteiger partial charge on any atom is 0.331 e. The van der Waals surface area contributed by atoms with Gasteiger partial charge in [0.1, 0.15) is 12.0 Å². The van der Waals surface area contributed by atoms with Crippen molar-refractivity contribution in [2.24, 2.45) is 5.41 Å². The average molecular weight is 278 g/mol. The predicted octanol–water partition coefficient (Wildman–Crippen LogP) is 0.517. The molecule has 0 radical (unpaired) electrons. The minimum absolute atomic E-state index is 0.111. The van der Waals surface area contributed by atoms with Crippen LogP contribution in [0.3, 0.4) is 0 Å². The number of hydrogen-bond donors (Lipinski definition) is 1. The van der Waals surface area contributed by atoms with Crippen molar-refractivity contribution < 1.29 is 18.9 Å². The molecule has 1 saturated carbocycles. The number of rotatable bonds is 2. The Morgan fingerprint density at radius 1 is 1.30 bits per heavy atom. The second-order valence-electron chi connectivity index (χ2n) is 5.18.